The normalized spacial score (nSPS) is 19.3. The number of likely N-dealkylation sites (N-methyl/N-ethyl adjacent to an activating group) is 1. The molecule has 1 aliphatic heterocycles. The van der Waals surface area contributed by atoms with E-state index in [-0.39, 0.29) is 10.9 Å². The van der Waals surface area contributed by atoms with Gasteiger partial charge in [0.05, 0.1) is 0 Å². The molecule has 22 heavy (non-hydrogen) atoms. The average molecular weight is 326 g/mol. The number of rotatable bonds is 5. The summed E-state index contributed by atoms with van der Waals surface area (Å²) in [6.45, 7) is 8.93. The molecule has 1 fully saturated rings. The summed E-state index contributed by atoms with van der Waals surface area (Å²) in [4.78, 5) is 6.64. The van der Waals surface area contributed by atoms with Gasteiger partial charge >= 0.3 is 0 Å². The molecule has 0 aromatic carbocycles. The van der Waals surface area contributed by atoms with E-state index in [9.17, 15) is 8.42 Å². The Kier molecular flexibility index (Phi) is 5.41. The molecule has 1 N–H and O–H groups in total. The maximum Gasteiger partial charge on any atom is 0.244 e. The molecule has 1 aromatic rings. The van der Waals surface area contributed by atoms with Crippen LogP contribution in [0.15, 0.2) is 23.2 Å². The van der Waals surface area contributed by atoms with Crippen LogP contribution >= 0.6 is 0 Å². The molecule has 6 nitrogen and oxygen atoms in total. The van der Waals surface area contributed by atoms with E-state index in [1.165, 1.54) is 10.5 Å². The molecular weight excluding hydrogens is 300 g/mol. The number of nitrogens with one attached hydrogen (secondary N) is 1. The fourth-order valence-electron chi connectivity index (χ4n) is 2.20. The fourth-order valence-corrected chi connectivity index (χ4v) is 3.56. The van der Waals surface area contributed by atoms with Crippen LogP contribution in [0.25, 0.3) is 0 Å². The Hall–Kier alpha value is -1.18. The van der Waals surface area contributed by atoms with Crippen LogP contribution in [-0.2, 0) is 10.0 Å². The van der Waals surface area contributed by atoms with Gasteiger partial charge in [0, 0.05) is 38.4 Å². The van der Waals surface area contributed by atoms with E-state index >= 15 is 0 Å². The van der Waals surface area contributed by atoms with Crippen molar-refractivity contribution >= 4 is 15.8 Å². The van der Waals surface area contributed by atoms with Gasteiger partial charge in [0.25, 0.3) is 0 Å². The van der Waals surface area contributed by atoms with Crippen molar-refractivity contribution in [1.29, 1.82) is 0 Å². The van der Waals surface area contributed by atoms with Gasteiger partial charge in [0.1, 0.15) is 10.7 Å². The van der Waals surface area contributed by atoms with Crippen molar-refractivity contribution in [3.63, 3.8) is 0 Å². The van der Waals surface area contributed by atoms with Gasteiger partial charge in [-0.25, -0.2) is 13.4 Å². The Labute approximate surface area is 133 Å². The number of nitrogens with zero attached hydrogens (tertiary/aromatic N) is 3. The molecule has 7 heteroatoms. The first-order valence-corrected chi connectivity index (χ1v) is 9.16. The van der Waals surface area contributed by atoms with Crippen molar-refractivity contribution in [2.75, 3.05) is 38.5 Å². The van der Waals surface area contributed by atoms with Crippen molar-refractivity contribution in [3.8, 4) is 0 Å². The molecule has 1 atom stereocenters. The minimum absolute atomic E-state index is 0.264. The van der Waals surface area contributed by atoms with Crippen LogP contribution in [0, 0.1) is 5.92 Å². The number of pyridine rings is 1. The molecule has 0 amide bonds. The predicted molar refractivity (Wildman–Crippen MR) is 88.4 cm³/mol. The zero-order valence-electron chi connectivity index (χ0n) is 13.8. The Bertz CT molecular complexity index is 578. The van der Waals surface area contributed by atoms with Gasteiger partial charge in [-0.3, -0.25) is 0 Å². The van der Waals surface area contributed by atoms with Crippen LogP contribution in [-0.4, -0.2) is 61.9 Å². The molecule has 1 aromatic heterocycles. The van der Waals surface area contributed by atoms with E-state index in [0.29, 0.717) is 24.8 Å². The third-order valence-corrected chi connectivity index (χ3v) is 6.09. The summed E-state index contributed by atoms with van der Waals surface area (Å²) in [5.74, 6) is 1.19. The summed E-state index contributed by atoms with van der Waals surface area (Å²) in [5.41, 5.74) is 0. The Morgan fingerprint density at radius 3 is 2.27 bits per heavy atom. The summed E-state index contributed by atoms with van der Waals surface area (Å²) in [7, 11) is -1.43. The van der Waals surface area contributed by atoms with Crippen LogP contribution in [0.2, 0.25) is 0 Å². The highest BCUT2D eigenvalue weighted by Gasteiger charge is 2.27. The van der Waals surface area contributed by atoms with Crippen LogP contribution in [0.4, 0.5) is 5.82 Å². The maximum absolute atomic E-state index is 12.6. The highest BCUT2D eigenvalue weighted by Crippen LogP contribution is 2.18. The summed E-state index contributed by atoms with van der Waals surface area (Å²) >= 11 is 0. The van der Waals surface area contributed by atoms with Crippen molar-refractivity contribution < 1.29 is 8.42 Å². The number of hydrogen-bond acceptors (Lipinski definition) is 5. The predicted octanol–water partition coefficient (Wildman–Crippen LogP) is 1.47. The first-order chi connectivity index (χ1) is 10.3. The molecule has 0 saturated carbocycles. The van der Waals surface area contributed by atoms with Crippen molar-refractivity contribution in [1.82, 2.24) is 14.2 Å². The summed E-state index contributed by atoms with van der Waals surface area (Å²) in [5, 5.41) is 3.28. The topological polar surface area (TPSA) is 65.5 Å². The second kappa shape index (κ2) is 6.93. The minimum Gasteiger partial charge on any atom is -0.367 e. The van der Waals surface area contributed by atoms with Crippen LogP contribution in [0.5, 0.6) is 0 Å². The minimum atomic E-state index is -3.43. The van der Waals surface area contributed by atoms with E-state index in [1.54, 1.807) is 12.1 Å². The van der Waals surface area contributed by atoms with Crippen molar-refractivity contribution in [2.45, 2.75) is 31.7 Å². The first-order valence-electron chi connectivity index (χ1n) is 7.72. The third kappa shape index (κ3) is 3.97. The number of hydrogen-bond donors (Lipinski definition) is 1. The van der Waals surface area contributed by atoms with Gasteiger partial charge in [0.2, 0.25) is 10.0 Å². The van der Waals surface area contributed by atoms with Gasteiger partial charge in [0.15, 0.2) is 0 Å². The molecule has 1 aliphatic rings. The smallest absolute Gasteiger partial charge is 0.244 e. The maximum atomic E-state index is 12.6. The number of anilines is 1. The largest absolute Gasteiger partial charge is 0.367 e. The van der Waals surface area contributed by atoms with Gasteiger partial charge in [-0.15, -0.1) is 0 Å². The SMILES string of the molecule is CC(C)C(C)Nc1ccc(S(=O)(=O)N2CCN(C)CC2)cn1. The summed E-state index contributed by atoms with van der Waals surface area (Å²) in [6, 6.07) is 3.66. The molecule has 1 unspecified atom stereocenters. The fraction of sp³-hybridized carbons (Fsp3) is 0.667. The zero-order valence-corrected chi connectivity index (χ0v) is 14.6. The second-order valence-electron chi connectivity index (χ2n) is 6.26. The molecule has 2 heterocycles. The lowest BCUT2D eigenvalue weighted by Gasteiger charge is -2.31. The number of piperazine rings is 1. The number of sulfonamides is 1. The lowest BCUT2D eigenvalue weighted by molar-refractivity contribution is 0.222. The molecule has 124 valence electrons. The van der Waals surface area contributed by atoms with Crippen molar-refractivity contribution in [2.24, 2.45) is 5.92 Å². The molecule has 1 saturated heterocycles. The second-order valence-corrected chi connectivity index (χ2v) is 8.20. The Morgan fingerprint density at radius 2 is 1.77 bits per heavy atom. The summed E-state index contributed by atoms with van der Waals surface area (Å²) < 4.78 is 26.7. The first kappa shape index (κ1) is 17.2. The van der Waals surface area contributed by atoms with Crippen LogP contribution < -0.4 is 5.32 Å². The van der Waals surface area contributed by atoms with Crippen LogP contribution in [0.3, 0.4) is 0 Å². The molecule has 0 aliphatic carbocycles. The summed E-state index contributed by atoms with van der Waals surface area (Å²) in [6.07, 6.45) is 1.45. The zero-order chi connectivity index (χ0) is 16.3. The van der Waals surface area contributed by atoms with Crippen LogP contribution in [0.1, 0.15) is 20.8 Å². The molecule has 0 bridgehead atoms. The average Bonchev–Trinajstić information content (AvgIpc) is 2.48. The molecule has 0 radical (unpaired) electrons. The monoisotopic (exact) mass is 326 g/mol. The molecular formula is C15H26N4O2S. The molecule has 0 spiro atoms. The Morgan fingerprint density at radius 1 is 1.14 bits per heavy atom. The lowest BCUT2D eigenvalue weighted by Crippen LogP contribution is -2.47. The van der Waals surface area contributed by atoms with E-state index in [4.69, 9.17) is 0 Å². The molecule has 2 rings (SSSR count). The third-order valence-electron chi connectivity index (χ3n) is 4.21. The number of aromatic nitrogens is 1. The van der Waals surface area contributed by atoms with Crippen molar-refractivity contribution in [3.05, 3.63) is 18.3 Å². The van der Waals surface area contributed by atoms with E-state index < -0.39 is 10.0 Å². The highest BCUT2D eigenvalue weighted by atomic mass is 32.2. The van der Waals surface area contributed by atoms with Gasteiger partial charge in [-0.2, -0.15) is 4.31 Å². The van der Waals surface area contributed by atoms with E-state index in [2.05, 4.69) is 36.0 Å². The van der Waals surface area contributed by atoms with E-state index in [1.807, 2.05) is 7.05 Å². The Balaban J connectivity index is 2.09. The van der Waals surface area contributed by atoms with E-state index in [0.717, 1.165) is 13.1 Å². The lowest BCUT2D eigenvalue weighted by atomic mass is 10.1. The van der Waals surface area contributed by atoms with Gasteiger partial charge < -0.3 is 10.2 Å². The quantitative estimate of drug-likeness (QED) is 0.888. The van der Waals surface area contributed by atoms with Gasteiger partial charge in [-0.05, 0) is 32.0 Å². The standard InChI is InChI=1S/C15H26N4O2S/c1-12(2)13(3)17-15-6-5-14(11-16-15)22(20,21)19-9-7-18(4)8-10-19/h5-6,11-13H,7-10H2,1-4H3,(H,16,17). The highest BCUT2D eigenvalue weighted by molar-refractivity contribution is 7.89. The van der Waals surface area contributed by atoms with Gasteiger partial charge in [-0.1, -0.05) is 13.8 Å².